The molecule has 0 amide bonds. The summed E-state index contributed by atoms with van der Waals surface area (Å²) in [6, 6.07) is 16.3. The summed E-state index contributed by atoms with van der Waals surface area (Å²) >= 11 is 0. The number of halogens is 1. The van der Waals surface area contributed by atoms with Crippen LogP contribution in [0.1, 0.15) is 27.3 Å². The predicted octanol–water partition coefficient (Wildman–Crippen LogP) is 5.36. The molecule has 2 aromatic carbocycles. The van der Waals surface area contributed by atoms with Crippen molar-refractivity contribution < 1.29 is 9.13 Å². The molecule has 0 radical (unpaired) electrons. The van der Waals surface area contributed by atoms with Crippen LogP contribution in [0.5, 0.6) is 5.75 Å². The summed E-state index contributed by atoms with van der Waals surface area (Å²) in [5.74, 6) is 0.437. The number of hydrogen-bond donors (Lipinski definition) is 0. The zero-order valence-corrected chi connectivity index (χ0v) is 10.2. The maximum Gasteiger partial charge on any atom is 0.123 e. The van der Waals surface area contributed by atoms with Crippen LogP contribution in [-0.4, -0.2) is 7.11 Å². The van der Waals surface area contributed by atoms with Crippen molar-refractivity contribution in [2.75, 3.05) is 7.11 Å². The van der Waals surface area contributed by atoms with Crippen molar-refractivity contribution in [3.05, 3.63) is 66.0 Å². The highest BCUT2D eigenvalue weighted by atomic mass is 19.1. The molecule has 0 unspecified atom stereocenters. The smallest absolute Gasteiger partial charge is 0.123 e. The molecule has 0 heterocycles. The quantitative estimate of drug-likeness (QED) is 0.710. The summed E-state index contributed by atoms with van der Waals surface area (Å²) in [5.41, 5.74) is 1.41. The lowest BCUT2D eigenvalue weighted by Crippen LogP contribution is -1.80. The van der Waals surface area contributed by atoms with E-state index in [1.54, 1.807) is 19.2 Å². The fourth-order valence-corrected chi connectivity index (χ4v) is 1.28. The lowest BCUT2D eigenvalue weighted by Gasteiger charge is -1.95. The third-order valence-electron chi connectivity index (χ3n) is 2.30. The van der Waals surface area contributed by atoms with E-state index in [0.717, 1.165) is 6.42 Å². The molecule has 2 rings (SSSR count). The first kappa shape index (κ1) is 19.5. The van der Waals surface area contributed by atoms with Gasteiger partial charge in [0.05, 0.1) is 7.11 Å². The van der Waals surface area contributed by atoms with Gasteiger partial charge in [0.2, 0.25) is 0 Å². The van der Waals surface area contributed by atoms with Gasteiger partial charge in [-0.2, -0.15) is 0 Å². The van der Waals surface area contributed by atoms with Gasteiger partial charge in [0.1, 0.15) is 11.6 Å². The van der Waals surface area contributed by atoms with Crippen LogP contribution in [0.4, 0.5) is 4.39 Å². The highest BCUT2D eigenvalue weighted by Crippen LogP contribution is 2.09. The highest BCUT2D eigenvalue weighted by Gasteiger charge is 1.88. The van der Waals surface area contributed by atoms with Crippen molar-refractivity contribution in [1.29, 1.82) is 0 Å². The Kier molecular flexibility index (Phi) is 11.6. The van der Waals surface area contributed by atoms with Gasteiger partial charge in [-0.3, -0.25) is 0 Å². The van der Waals surface area contributed by atoms with Crippen LogP contribution >= 0.6 is 0 Å². The molecule has 0 aliphatic heterocycles. The second-order valence-electron chi connectivity index (χ2n) is 3.50. The summed E-state index contributed by atoms with van der Waals surface area (Å²) in [6.45, 7) is 2.16. The van der Waals surface area contributed by atoms with E-state index in [1.807, 2.05) is 6.07 Å². The van der Waals surface area contributed by atoms with Gasteiger partial charge in [0, 0.05) is 0 Å². The molecule has 2 heteroatoms. The minimum atomic E-state index is -0.240. The third-order valence-corrected chi connectivity index (χ3v) is 2.30. The molecule has 0 saturated carbocycles. The van der Waals surface area contributed by atoms with Crippen molar-refractivity contribution in [3.8, 4) is 5.75 Å². The lowest BCUT2D eigenvalue weighted by molar-refractivity contribution is 0.413. The van der Waals surface area contributed by atoms with Crippen LogP contribution in [0.15, 0.2) is 54.6 Å². The SMILES string of the molecule is C.C.CCc1ccccc1.COc1ccc(F)cc1. The first-order valence-electron chi connectivity index (χ1n) is 5.59. The molecule has 19 heavy (non-hydrogen) atoms. The van der Waals surface area contributed by atoms with E-state index >= 15 is 0 Å². The Morgan fingerprint density at radius 3 is 1.79 bits per heavy atom. The van der Waals surface area contributed by atoms with Gasteiger partial charge in [-0.05, 0) is 36.2 Å². The Morgan fingerprint density at radius 2 is 1.42 bits per heavy atom. The van der Waals surface area contributed by atoms with E-state index in [0.29, 0.717) is 5.75 Å². The van der Waals surface area contributed by atoms with Crippen LogP contribution in [0.25, 0.3) is 0 Å². The molecule has 0 aliphatic carbocycles. The van der Waals surface area contributed by atoms with Gasteiger partial charge in [-0.25, -0.2) is 4.39 Å². The molecule has 1 nitrogen and oxygen atoms in total. The first-order valence-corrected chi connectivity index (χ1v) is 5.59. The minimum absolute atomic E-state index is 0. The number of methoxy groups -OCH3 is 1. The van der Waals surface area contributed by atoms with Crippen LogP contribution in [0.3, 0.4) is 0 Å². The van der Waals surface area contributed by atoms with Gasteiger partial charge in [0.25, 0.3) is 0 Å². The third kappa shape index (κ3) is 7.98. The van der Waals surface area contributed by atoms with Crippen LogP contribution < -0.4 is 4.74 Å². The van der Waals surface area contributed by atoms with Crippen LogP contribution in [0.2, 0.25) is 0 Å². The van der Waals surface area contributed by atoms with Gasteiger partial charge in [-0.15, -0.1) is 0 Å². The molecule has 0 fully saturated rings. The second kappa shape index (κ2) is 11.3. The fourth-order valence-electron chi connectivity index (χ4n) is 1.28. The maximum absolute atomic E-state index is 12.2. The normalized spacial score (nSPS) is 8.16. The zero-order chi connectivity index (χ0) is 12.5. The van der Waals surface area contributed by atoms with Gasteiger partial charge >= 0.3 is 0 Å². The van der Waals surface area contributed by atoms with E-state index in [1.165, 1.54) is 17.7 Å². The van der Waals surface area contributed by atoms with E-state index in [9.17, 15) is 4.39 Å². The monoisotopic (exact) mass is 264 g/mol. The van der Waals surface area contributed by atoms with E-state index < -0.39 is 0 Å². The number of benzene rings is 2. The Hall–Kier alpha value is -1.83. The molecule has 0 aliphatic rings. The number of aryl methyl sites for hydroxylation is 1. The second-order valence-corrected chi connectivity index (χ2v) is 3.50. The Balaban J connectivity index is 0. The molecule has 0 spiro atoms. The average Bonchev–Trinajstić information content (AvgIpc) is 2.41. The number of hydrogen-bond acceptors (Lipinski definition) is 1. The van der Waals surface area contributed by atoms with Gasteiger partial charge < -0.3 is 4.74 Å². The zero-order valence-electron chi connectivity index (χ0n) is 10.2. The molecule has 0 aromatic heterocycles. The van der Waals surface area contributed by atoms with Crippen molar-refractivity contribution in [1.82, 2.24) is 0 Å². The van der Waals surface area contributed by atoms with Gasteiger partial charge in [-0.1, -0.05) is 52.1 Å². The highest BCUT2D eigenvalue weighted by molar-refractivity contribution is 5.21. The van der Waals surface area contributed by atoms with Crippen LogP contribution in [-0.2, 0) is 6.42 Å². The van der Waals surface area contributed by atoms with Crippen molar-refractivity contribution in [2.24, 2.45) is 0 Å². The van der Waals surface area contributed by atoms with Crippen LogP contribution in [0, 0.1) is 5.82 Å². The average molecular weight is 264 g/mol. The Morgan fingerprint density at radius 1 is 0.895 bits per heavy atom. The topological polar surface area (TPSA) is 9.23 Å². The predicted molar refractivity (Wildman–Crippen MR) is 82.2 cm³/mol. The summed E-state index contributed by atoms with van der Waals surface area (Å²) in [6.07, 6.45) is 1.14. The van der Waals surface area contributed by atoms with Crippen molar-refractivity contribution >= 4 is 0 Å². The summed E-state index contributed by atoms with van der Waals surface area (Å²) < 4.78 is 17.0. The van der Waals surface area contributed by atoms with Crippen molar-refractivity contribution in [2.45, 2.75) is 28.2 Å². The molecule has 0 N–H and O–H groups in total. The molecular weight excluding hydrogens is 239 g/mol. The molecule has 0 atom stereocenters. The molecule has 2 aromatic rings. The van der Waals surface area contributed by atoms with Crippen molar-refractivity contribution in [3.63, 3.8) is 0 Å². The summed E-state index contributed by atoms with van der Waals surface area (Å²) in [7, 11) is 1.55. The standard InChI is InChI=1S/C8H10.C7H7FO.2CH4/c1-2-8-6-4-3-5-7-8;1-9-7-4-2-6(8)3-5-7;;/h3-7H,2H2,1H3;2-5H,1H3;2*1H4. The molecule has 106 valence electrons. The summed E-state index contributed by atoms with van der Waals surface area (Å²) in [5, 5.41) is 0. The largest absolute Gasteiger partial charge is 0.497 e. The molecule has 0 saturated heterocycles. The summed E-state index contributed by atoms with van der Waals surface area (Å²) in [4.78, 5) is 0. The lowest BCUT2D eigenvalue weighted by atomic mass is 10.2. The maximum atomic E-state index is 12.2. The number of ether oxygens (including phenoxy) is 1. The Bertz CT molecular complexity index is 409. The Labute approximate surface area is 117 Å². The van der Waals surface area contributed by atoms with E-state index in [2.05, 4.69) is 31.2 Å². The molecular formula is C17H25FO. The molecule has 0 bridgehead atoms. The first-order chi connectivity index (χ1) is 8.26. The number of rotatable bonds is 2. The fraction of sp³-hybridized carbons (Fsp3) is 0.294. The van der Waals surface area contributed by atoms with E-state index in [4.69, 9.17) is 4.74 Å². The minimum Gasteiger partial charge on any atom is -0.497 e. The van der Waals surface area contributed by atoms with Gasteiger partial charge in [0.15, 0.2) is 0 Å². The van der Waals surface area contributed by atoms with E-state index in [-0.39, 0.29) is 20.7 Å².